The van der Waals surface area contributed by atoms with Gasteiger partial charge in [-0.3, -0.25) is 4.79 Å². The van der Waals surface area contributed by atoms with Gasteiger partial charge in [-0.2, -0.15) is 0 Å². The third-order valence-corrected chi connectivity index (χ3v) is 5.40. The smallest absolute Gasteiger partial charge is 0.321 e. The molecule has 5 nitrogen and oxygen atoms in total. The first-order chi connectivity index (χ1) is 15.1. The topological polar surface area (TPSA) is 74.3 Å². The molecule has 0 saturated carbocycles. The highest BCUT2D eigenvalue weighted by Gasteiger charge is 2.19. The molecule has 3 N–H and O–H groups in total. The Kier molecular flexibility index (Phi) is 6.55. The number of halogens is 1. The SMILES string of the molecule is O=C(O)[C@@H](Cc1c[nH]c2ccccc12)NCc1ccc(OCc2cccc(Cl)c2)cc1. The number of fused-ring (bicyclic) bond motifs is 1. The van der Waals surface area contributed by atoms with Crippen LogP contribution in [0.15, 0.2) is 79.0 Å². The molecule has 1 atom stereocenters. The van der Waals surface area contributed by atoms with Crippen molar-refractivity contribution >= 4 is 28.5 Å². The summed E-state index contributed by atoms with van der Waals surface area (Å²) in [5, 5.41) is 14.6. The van der Waals surface area contributed by atoms with Gasteiger partial charge in [0.25, 0.3) is 0 Å². The van der Waals surface area contributed by atoms with Crippen LogP contribution in [-0.4, -0.2) is 22.1 Å². The maximum Gasteiger partial charge on any atom is 0.321 e. The highest BCUT2D eigenvalue weighted by Crippen LogP contribution is 2.20. The first-order valence-corrected chi connectivity index (χ1v) is 10.4. The molecule has 0 aliphatic heterocycles. The minimum Gasteiger partial charge on any atom is -0.489 e. The molecule has 0 bridgehead atoms. The summed E-state index contributed by atoms with van der Waals surface area (Å²) in [6.07, 6.45) is 2.29. The zero-order valence-electron chi connectivity index (χ0n) is 16.8. The number of carbonyl (C=O) groups is 1. The first-order valence-electron chi connectivity index (χ1n) is 10.1. The van der Waals surface area contributed by atoms with E-state index in [9.17, 15) is 9.90 Å². The van der Waals surface area contributed by atoms with Crippen LogP contribution in [0.5, 0.6) is 5.75 Å². The number of aromatic amines is 1. The number of hydrogen-bond donors (Lipinski definition) is 3. The number of benzene rings is 3. The van der Waals surface area contributed by atoms with Crippen molar-refractivity contribution < 1.29 is 14.6 Å². The van der Waals surface area contributed by atoms with Crippen molar-refractivity contribution in [1.29, 1.82) is 0 Å². The number of carboxylic acid groups (broad SMARTS) is 1. The Labute approximate surface area is 185 Å². The van der Waals surface area contributed by atoms with Crippen molar-refractivity contribution in [3.63, 3.8) is 0 Å². The molecular weight excluding hydrogens is 412 g/mol. The van der Waals surface area contributed by atoms with Gasteiger partial charge in [-0.05, 0) is 47.0 Å². The lowest BCUT2D eigenvalue weighted by atomic mass is 10.0. The van der Waals surface area contributed by atoms with Crippen molar-refractivity contribution in [3.8, 4) is 5.75 Å². The van der Waals surface area contributed by atoms with Crippen molar-refractivity contribution in [2.45, 2.75) is 25.6 Å². The lowest BCUT2D eigenvalue weighted by Gasteiger charge is -2.14. The maximum atomic E-state index is 11.8. The van der Waals surface area contributed by atoms with E-state index in [1.807, 2.05) is 79.0 Å². The predicted molar refractivity (Wildman–Crippen MR) is 122 cm³/mol. The molecule has 1 aromatic heterocycles. The molecule has 0 radical (unpaired) electrons. The van der Waals surface area contributed by atoms with E-state index in [2.05, 4.69) is 10.3 Å². The van der Waals surface area contributed by atoms with E-state index in [0.717, 1.165) is 33.3 Å². The number of rotatable bonds is 9. The molecule has 0 aliphatic rings. The fraction of sp³-hybridized carbons (Fsp3) is 0.160. The molecule has 4 rings (SSSR count). The summed E-state index contributed by atoms with van der Waals surface area (Å²) in [4.78, 5) is 15.0. The van der Waals surface area contributed by atoms with Gasteiger partial charge in [-0.15, -0.1) is 0 Å². The van der Waals surface area contributed by atoms with E-state index in [4.69, 9.17) is 16.3 Å². The fourth-order valence-corrected chi connectivity index (χ4v) is 3.72. The van der Waals surface area contributed by atoms with Gasteiger partial charge in [0.1, 0.15) is 18.4 Å². The van der Waals surface area contributed by atoms with Crippen LogP contribution in [0.1, 0.15) is 16.7 Å². The number of para-hydroxylation sites is 1. The van der Waals surface area contributed by atoms with Crippen LogP contribution in [0.2, 0.25) is 5.02 Å². The van der Waals surface area contributed by atoms with Crippen molar-refractivity contribution in [2.75, 3.05) is 0 Å². The van der Waals surface area contributed by atoms with Crippen molar-refractivity contribution in [2.24, 2.45) is 0 Å². The highest BCUT2D eigenvalue weighted by atomic mass is 35.5. The molecule has 3 aromatic carbocycles. The van der Waals surface area contributed by atoms with Gasteiger partial charge in [0.2, 0.25) is 0 Å². The van der Waals surface area contributed by atoms with E-state index < -0.39 is 12.0 Å². The van der Waals surface area contributed by atoms with E-state index in [0.29, 0.717) is 24.6 Å². The van der Waals surface area contributed by atoms with Gasteiger partial charge in [0.05, 0.1) is 0 Å². The van der Waals surface area contributed by atoms with Gasteiger partial charge < -0.3 is 20.1 Å². The molecule has 4 aromatic rings. The molecule has 0 amide bonds. The molecule has 0 saturated heterocycles. The second-order valence-corrected chi connectivity index (χ2v) is 7.83. The quantitative estimate of drug-likeness (QED) is 0.339. The van der Waals surface area contributed by atoms with Crippen LogP contribution in [0.4, 0.5) is 0 Å². The lowest BCUT2D eigenvalue weighted by molar-refractivity contribution is -0.139. The Hall–Kier alpha value is -3.28. The second-order valence-electron chi connectivity index (χ2n) is 7.40. The number of H-pyrrole nitrogens is 1. The van der Waals surface area contributed by atoms with Crippen LogP contribution < -0.4 is 10.1 Å². The molecule has 0 unspecified atom stereocenters. The second kappa shape index (κ2) is 9.69. The number of aliphatic carboxylic acids is 1. The van der Waals surface area contributed by atoms with Gasteiger partial charge in [0.15, 0.2) is 0 Å². The lowest BCUT2D eigenvalue weighted by Crippen LogP contribution is -2.38. The minimum atomic E-state index is -0.869. The fourth-order valence-electron chi connectivity index (χ4n) is 3.51. The van der Waals surface area contributed by atoms with Crippen LogP contribution in [0.3, 0.4) is 0 Å². The van der Waals surface area contributed by atoms with Gasteiger partial charge >= 0.3 is 5.97 Å². The Morgan fingerprint density at radius 3 is 2.61 bits per heavy atom. The molecule has 0 spiro atoms. The first kappa shape index (κ1) is 21.0. The van der Waals surface area contributed by atoms with Gasteiger partial charge in [0, 0.05) is 35.1 Å². The average molecular weight is 435 g/mol. The van der Waals surface area contributed by atoms with Gasteiger partial charge in [-0.25, -0.2) is 0 Å². The standard InChI is InChI=1S/C25H23ClN2O3/c26-20-5-3-4-18(12-20)16-31-21-10-8-17(9-11-21)14-27-24(25(29)30)13-19-15-28-23-7-2-1-6-22(19)23/h1-12,15,24,27-28H,13-14,16H2,(H,29,30)/t24-/m1/s1. The summed E-state index contributed by atoms with van der Waals surface area (Å²) in [6, 6.07) is 22.4. The molecule has 0 fully saturated rings. The molecule has 6 heteroatoms. The van der Waals surface area contributed by atoms with Crippen LogP contribution in [0.25, 0.3) is 10.9 Å². The summed E-state index contributed by atoms with van der Waals surface area (Å²) in [6.45, 7) is 0.887. The van der Waals surface area contributed by atoms with Crippen molar-refractivity contribution in [1.82, 2.24) is 10.3 Å². The highest BCUT2D eigenvalue weighted by molar-refractivity contribution is 6.30. The van der Waals surface area contributed by atoms with E-state index in [-0.39, 0.29) is 0 Å². The zero-order chi connectivity index (χ0) is 21.6. The Morgan fingerprint density at radius 1 is 1.03 bits per heavy atom. The van der Waals surface area contributed by atoms with Crippen molar-refractivity contribution in [3.05, 3.63) is 101 Å². The molecule has 31 heavy (non-hydrogen) atoms. The summed E-state index contributed by atoms with van der Waals surface area (Å²) in [5.74, 6) is -0.121. The molecule has 158 valence electrons. The van der Waals surface area contributed by atoms with Crippen LogP contribution in [-0.2, 0) is 24.4 Å². The van der Waals surface area contributed by atoms with E-state index >= 15 is 0 Å². The molecular formula is C25H23ClN2O3. The Morgan fingerprint density at radius 2 is 1.84 bits per heavy atom. The Bertz CT molecular complexity index is 1170. The summed E-state index contributed by atoms with van der Waals surface area (Å²) < 4.78 is 5.80. The van der Waals surface area contributed by atoms with E-state index in [1.165, 1.54) is 0 Å². The maximum absolute atomic E-state index is 11.8. The Balaban J connectivity index is 1.34. The summed E-state index contributed by atoms with van der Waals surface area (Å²) >= 11 is 6.00. The third-order valence-electron chi connectivity index (χ3n) is 5.17. The molecule has 0 aliphatic carbocycles. The van der Waals surface area contributed by atoms with Gasteiger partial charge in [-0.1, -0.05) is 54.1 Å². The normalized spacial score (nSPS) is 12.0. The number of nitrogens with one attached hydrogen (secondary N) is 2. The zero-order valence-corrected chi connectivity index (χ0v) is 17.6. The predicted octanol–water partition coefficient (Wildman–Crippen LogP) is 5.19. The van der Waals surface area contributed by atoms with Crippen LogP contribution >= 0.6 is 11.6 Å². The van der Waals surface area contributed by atoms with E-state index in [1.54, 1.807) is 0 Å². The minimum absolute atomic E-state index is 0.403. The average Bonchev–Trinajstić information content (AvgIpc) is 3.19. The largest absolute Gasteiger partial charge is 0.489 e. The third kappa shape index (κ3) is 5.45. The monoisotopic (exact) mass is 434 g/mol. The number of hydrogen-bond acceptors (Lipinski definition) is 3. The van der Waals surface area contributed by atoms with Crippen LogP contribution in [0, 0.1) is 0 Å². The number of aromatic nitrogens is 1. The number of carboxylic acids is 1. The molecule has 1 heterocycles. The summed E-state index contributed by atoms with van der Waals surface area (Å²) in [5.41, 5.74) is 3.98. The summed E-state index contributed by atoms with van der Waals surface area (Å²) in [7, 11) is 0. The number of ether oxygens (including phenoxy) is 1.